The zero-order chi connectivity index (χ0) is 17.4. The summed E-state index contributed by atoms with van der Waals surface area (Å²) in [6.07, 6.45) is 4.62. The molecule has 1 atom stereocenters. The number of nitrogens with zero attached hydrogens (tertiary/aromatic N) is 2. The number of hydrogen-bond acceptors (Lipinski definition) is 3. The quantitative estimate of drug-likeness (QED) is 0.808. The molecule has 0 fully saturated rings. The summed E-state index contributed by atoms with van der Waals surface area (Å²) in [6.45, 7) is 3.12. The highest BCUT2D eigenvalue weighted by Gasteiger charge is 2.15. The lowest BCUT2D eigenvalue weighted by molar-refractivity contribution is 0.0933. The van der Waals surface area contributed by atoms with Gasteiger partial charge in [-0.2, -0.15) is 0 Å². The van der Waals surface area contributed by atoms with Crippen LogP contribution in [-0.2, 0) is 6.42 Å². The summed E-state index contributed by atoms with van der Waals surface area (Å²) in [7, 11) is 4.13. The van der Waals surface area contributed by atoms with Crippen LogP contribution in [0.1, 0.15) is 47.4 Å². The molecular formula is C20H27N3O. The van der Waals surface area contributed by atoms with E-state index in [1.807, 2.05) is 42.5 Å². The van der Waals surface area contributed by atoms with Crippen molar-refractivity contribution in [3.05, 3.63) is 65.5 Å². The zero-order valence-corrected chi connectivity index (χ0v) is 14.8. The van der Waals surface area contributed by atoms with Crippen molar-refractivity contribution in [3.63, 3.8) is 0 Å². The second kappa shape index (κ2) is 9.18. The van der Waals surface area contributed by atoms with E-state index in [4.69, 9.17) is 0 Å². The maximum Gasteiger partial charge on any atom is 0.251 e. The molecule has 0 aliphatic heterocycles. The average Bonchev–Trinajstić information content (AvgIpc) is 2.60. The first kappa shape index (κ1) is 18.1. The third-order valence-corrected chi connectivity index (χ3v) is 3.99. The molecule has 1 aromatic heterocycles. The lowest BCUT2D eigenvalue weighted by atomic mass is 10.1. The number of aromatic nitrogens is 1. The van der Waals surface area contributed by atoms with Crippen LogP contribution in [0.5, 0.6) is 0 Å². The Balaban J connectivity index is 2.02. The van der Waals surface area contributed by atoms with Crippen LogP contribution in [0.15, 0.2) is 48.7 Å². The third-order valence-electron chi connectivity index (χ3n) is 3.99. The van der Waals surface area contributed by atoms with Crippen molar-refractivity contribution >= 4 is 5.91 Å². The molecule has 1 amide bonds. The van der Waals surface area contributed by atoms with Crippen LogP contribution in [0, 0.1) is 0 Å². The molecule has 1 aromatic carbocycles. The Hall–Kier alpha value is -2.20. The SMILES string of the molecule is CCCC(NC(=O)c1ccc(CCN(C)C)cc1)c1ccccn1. The minimum Gasteiger partial charge on any atom is -0.344 e. The Morgan fingerprint density at radius 1 is 1.17 bits per heavy atom. The molecule has 0 radical (unpaired) electrons. The molecule has 0 spiro atoms. The summed E-state index contributed by atoms with van der Waals surface area (Å²) >= 11 is 0. The summed E-state index contributed by atoms with van der Waals surface area (Å²) in [5.74, 6) is -0.0433. The second-order valence-electron chi connectivity index (χ2n) is 6.32. The fourth-order valence-electron chi connectivity index (χ4n) is 2.58. The van der Waals surface area contributed by atoms with E-state index < -0.39 is 0 Å². The van der Waals surface area contributed by atoms with Gasteiger partial charge in [-0.15, -0.1) is 0 Å². The summed E-state index contributed by atoms with van der Waals surface area (Å²) < 4.78 is 0. The van der Waals surface area contributed by atoms with Gasteiger partial charge in [-0.25, -0.2) is 0 Å². The Labute approximate surface area is 144 Å². The molecule has 0 saturated heterocycles. The summed E-state index contributed by atoms with van der Waals surface area (Å²) in [4.78, 5) is 19.1. The zero-order valence-electron chi connectivity index (χ0n) is 14.8. The summed E-state index contributed by atoms with van der Waals surface area (Å²) in [5, 5.41) is 3.11. The van der Waals surface area contributed by atoms with E-state index in [2.05, 4.69) is 36.2 Å². The van der Waals surface area contributed by atoms with Crippen LogP contribution >= 0.6 is 0 Å². The van der Waals surface area contributed by atoms with Crippen LogP contribution in [-0.4, -0.2) is 36.4 Å². The van der Waals surface area contributed by atoms with Gasteiger partial charge in [0.2, 0.25) is 0 Å². The van der Waals surface area contributed by atoms with Gasteiger partial charge in [0.15, 0.2) is 0 Å². The van der Waals surface area contributed by atoms with Crippen molar-refractivity contribution in [1.29, 1.82) is 0 Å². The molecule has 0 bridgehead atoms. The highest BCUT2D eigenvalue weighted by molar-refractivity contribution is 5.94. The van der Waals surface area contributed by atoms with Gasteiger partial charge in [0.05, 0.1) is 11.7 Å². The number of carbonyl (C=O) groups excluding carboxylic acids is 1. The molecule has 0 aliphatic rings. The fourth-order valence-corrected chi connectivity index (χ4v) is 2.58. The number of rotatable bonds is 8. The molecule has 128 valence electrons. The average molecular weight is 325 g/mol. The Bertz CT molecular complexity index is 623. The van der Waals surface area contributed by atoms with Gasteiger partial charge in [0.25, 0.3) is 5.91 Å². The maximum atomic E-state index is 12.5. The number of hydrogen-bond donors (Lipinski definition) is 1. The molecule has 1 heterocycles. The number of likely N-dealkylation sites (N-methyl/N-ethyl adjacent to an activating group) is 1. The largest absolute Gasteiger partial charge is 0.344 e. The fraction of sp³-hybridized carbons (Fsp3) is 0.400. The predicted octanol–water partition coefficient (Wildman–Crippen LogP) is 3.46. The van der Waals surface area contributed by atoms with E-state index >= 15 is 0 Å². The van der Waals surface area contributed by atoms with Gasteiger partial charge in [-0.05, 0) is 56.8 Å². The molecule has 4 nitrogen and oxygen atoms in total. The first-order valence-electron chi connectivity index (χ1n) is 8.55. The lowest BCUT2D eigenvalue weighted by Gasteiger charge is -2.18. The van der Waals surface area contributed by atoms with Gasteiger partial charge < -0.3 is 10.2 Å². The number of benzene rings is 1. The van der Waals surface area contributed by atoms with Crippen molar-refractivity contribution in [3.8, 4) is 0 Å². The first-order valence-corrected chi connectivity index (χ1v) is 8.55. The van der Waals surface area contributed by atoms with Gasteiger partial charge in [-0.3, -0.25) is 9.78 Å². The van der Waals surface area contributed by atoms with E-state index in [1.165, 1.54) is 5.56 Å². The standard InChI is InChI=1S/C20H27N3O/c1-4-7-19(18-8-5-6-14-21-18)22-20(24)17-11-9-16(10-12-17)13-15-23(2)3/h5-6,8-12,14,19H,4,7,13,15H2,1-3H3,(H,22,24). The van der Waals surface area contributed by atoms with Gasteiger partial charge >= 0.3 is 0 Å². The lowest BCUT2D eigenvalue weighted by Crippen LogP contribution is -2.29. The topological polar surface area (TPSA) is 45.2 Å². The van der Waals surface area contributed by atoms with Gasteiger partial charge in [0.1, 0.15) is 0 Å². The highest BCUT2D eigenvalue weighted by atomic mass is 16.1. The van der Waals surface area contributed by atoms with Crippen LogP contribution in [0.25, 0.3) is 0 Å². The maximum absolute atomic E-state index is 12.5. The van der Waals surface area contributed by atoms with E-state index in [-0.39, 0.29) is 11.9 Å². The van der Waals surface area contributed by atoms with Crippen molar-refractivity contribution in [2.45, 2.75) is 32.2 Å². The molecule has 1 unspecified atom stereocenters. The Kier molecular flexibility index (Phi) is 6.94. The van der Waals surface area contributed by atoms with E-state index in [9.17, 15) is 4.79 Å². The highest BCUT2D eigenvalue weighted by Crippen LogP contribution is 2.17. The molecule has 0 saturated carbocycles. The third kappa shape index (κ3) is 5.46. The van der Waals surface area contributed by atoms with Gasteiger partial charge in [-0.1, -0.05) is 31.5 Å². The van der Waals surface area contributed by atoms with Crippen molar-refractivity contribution in [1.82, 2.24) is 15.2 Å². The smallest absolute Gasteiger partial charge is 0.251 e. The number of pyridine rings is 1. The van der Waals surface area contributed by atoms with Crippen molar-refractivity contribution < 1.29 is 4.79 Å². The Morgan fingerprint density at radius 3 is 2.50 bits per heavy atom. The molecule has 2 aromatic rings. The Morgan fingerprint density at radius 2 is 1.92 bits per heavy atom. The molecule has 2 rings (SSSR count). The normalized spacial score (nSPS) is 12.2. The number of amides is 1. The number of nitrogens with one attached hydrogen (secondary N) is 1. The van der Waals surface area contributed by atoms with Crippen LogP contribution in [0.3, 0.4) is 0 Å². The second-order valence-corrected chi connectivity index (χ2v) is 6.32. The minimum atomic E-state index is -0.0443. The monoisotopic (exact) mass is 325 g/mol. The molecule has 4 heteroatoms. The molecule has 1 N–H and O–H groups in total. The van der Waals surface area contributed by atoms with Crippen molar-refractivity contribution in [2.24, 2.45) is 0 Å². The molecule has 24 heavy (non-hydrogen) atoms. The van der Waals surface area contributed by atoms with E-state index in [0.29, 0.717) is 5.56 Å². The summed E-state index contributed by atoms with van der Waals surface area (Å²) in [5.41, 5.74) is 2.85. The van der Waals surface area contributed by atoms with Crippen LogP contribution in [0.2, 0.25) is 0 Å². The predicted molar refractivity (Wildman–Crippen MR) is 98.1 cm³/mol. The molecular weight excluding hydrogens is 298 g/mol. The van der Waals surface area contributed by atoms with Gasteiger partial charge in [0, 0.05) is 18.3 Å². The van der Waals surface area contributed by atoms with Crippen LogP contribution < -0.4 is 5.32 Å². The summed E-state index contributed by atoms with van der Waals surface area (Å²) in [6, 6.07) is 13.6. The number of carbonyl (C=O) groups is 1. The first-order chi connectivity index (χ1) is 11.6. The molecule has 0 aliphatic carbocycles. The van der Waals surface area contributed by atoms with Crippen LogP contribution in [0.4, 0.5) is 0 Å². The van der Waals surface area contributed by atoms with Crippen molar-refractivity contribution in [2.75, 3.05) is 20.6 Å². The van der Waals surface area contributed by atoms with E-state index in [1.54, 1.807) is 6.20 Å². The minimum absolute atomic E-state index is 0.0433. The van der Waals surface area contributed by atoms with E-state index in [0.717, 1.165) is 31.5 Å².